The molecule has 0 amide bonds. The van der Waals surface area contributed by atoms with Crippen LogP contribution in [0, 0.1) is 6.92 Å². The highest BCUT2D eigenvalue weighted by atomic mass is 16.3. The lowest BCUT2D eigenvalue weighted by atomic mass is 10.1. The van der Waals surface area contributed by atoms with E-state index in [4.69, 9.17) is 5.73 Å². The first-order chi connectivity index (χ1) is 8.18. The number of pyridine rings is 1. The summed E-state index contributed by atoms with van der Waals surface area (Å²) in [5, 5.41) is 13.3. The van der Waals surface area contributed by atoms with Crippen LogP contribution in [0.15, 0.2) is 12.3 Å². The Kier molecular flexibility index (Phi) is 3.84. The maximum absolute atomic E-state index is 10.0. The van der Waals surface area contributed by atoms with Crippen LogP contribution >= 0.6 is 0 Å². The molecule has 1 aromatic heterocycles. The summed E-state index contributed by atoms with van der Waals surface area (Å²) in [6.45, 7) is 1.96. The number of nitrogens with two attached hydrogens (primary N) is 1. The van der Waals surface area contributed by atoms with Gasteiger partial charge in [0.05, 0.1) is 17.8 Å². The molecule has 4 N–H and O–H groups in total. The molecule has 0 spiro atoms. The number of hydrogen-bond donors (Lipinski definition) is 3. The van der Waals surface area contributed by atoms with Crippen LogP contribution in [-0.4, -0.2) is 22.2 Å². The summed E-state index contributed by atoms with van der Waals surface area (Å²) in [5.74, 6) is 0.705. The monoisotopic (exact) mass is 235 g/mol. The number of hydrogen-bond acceptors (Lipinski definition) is 4. The molecule has 1 aromatic rings. The van der Waals surface area contributed by atoms with Crippen molar-refractivity contribution in [2.75, 3.05) is 11.1 Å². The summed E-state index contributed by atoms with van der Waals surface area (Å²) in [7, 11) is 0. The number of aliphatic hydroxyl groups excluding tert-OH is 1. The van der Waals surface area contributed by atoms with Crippen molar-refractivity contribution in [2.45, 2.75) is 51.2 Å². The zero-order valence-electron chi connectivity index (χ0n) is 10.3. The second-order valence-corrected chi connectivity index (χ2v) is 4.85. The maximum atomic E-state index is 10.0. The van der Waals surface area contributed by atoms with E-state index in [0.717, 1.165) is 31.2 Å². The van der Waals surface area contributed by atoms with Crippen molar-refractivity contribution in [3.05, 3.63) is 17.8 Å². The minimum atomic E-state index is -0.292. The van der Waals surface area contributed by atoms with Crippen molar-refractivity contribution in [3.63, 3.8) is 0 Å². The number of aliphatic hydroxyl groups is 1. The van der Waals surface area contributed by atoms with Gasteiger partial charge in [-0.25, -0.2) is 4.98 Å². The number of aromatic nitrogens is 1. The van der Waals surface area contributed by atoms with E-state index < -0.39 is 0 Å². The van der Waals surface area contributed by atoms with Crippen molar-refractivity contribution in [3.8, 4) is 0 Å². The highest BCUT2D eigenvalue weighted by Gasteiger charge is 2.22. The molecule has 17 heavy (non-hydrogen) atoms. The molecule has 0 radical (unpaired) electrons. The molecule has 0 saturated heterocycles. The van der Waals surface area contributed by atoms with Gasteiger partial charge < -0.3 is 16.2 Å². The van der Waals surface area contributed by atoms with E-state index in [2.05, 4.69) is 10.3 Å². The van der Waals surface area contributed by atoms with Crippen LogP contribution in [0.4, 0.5) is 11.5 Å². The highest BCUT2D eigenvalue weighted by molar-refractivity contribution is 5.65. The van der Waals surface area contributed by atoms with Gasteiger partial charge in [0.2, 0.25) is 0 Å². The summed E-state index contributed by atoms with van der Waals surface area (Å²) in [5.41, 5.74) is 7.68. The molecular formula is C13H21N3O. The van der Waals surface area contributed by atoms with Gasteiger partial charge in [0.25, 0.3) is 0 Å². The van der Waals surface area contributed by atoms with Crippen LogP contribution < -0.4 is 11.1 Å². The average Bonchev–Trinajstić information content (AvgIpc) is 2.51. The van der Waals surface area contributed by atoms with Crippen molar-refractivity contribution in [1.82, 2.24) is 4.98 Å². The normalized spacial score (nSPS) is 25.3. The molecule has 2 atom stereocenters. The third-order valence-electron chi connectivity index (χ3n) is 3.51. The quantitative estimate of drug-likeness (QED) is 0.686. The van der Waals surface area contributed by atoms with Crippen LogP contribution in [0.25, 0.3) is 0 Å². The average molecular weight is 235 g/mol. The third-order valence-corrected chi connectivity index (χ3v) is 3.51. The van der Waals surface area contributed by atoms with E-state index in [0.29, 0.717) is 11.5 Å². The molecule has 4 nitrogen and oxygen atoms in total. The molecule has 0 aromatic carbocycles. The first kappa shape index (κ1) is 12.2. The standard InChI is InChI=1S/C13H21N3O/c1-9-7-8-15-13(12(9)14)16-10-5-3-2-4-6-11(10)17/h7-8,10-11,17H,2-6,14H2,1H3,(H,15,16). The lowest BCUT2D eigenvalue weighted by Crippen LogP contribution is -2.33. The maximum Gasteiger partial charge on any atom is 0.149 e. The largest absolute Gasteiger partial charge is 0.396 e. The second-order valence-electron chi connectivity index (χ2n) is 4.85. The minimum Gasteiger partial charge on any atom is -0.396 e. The van der Waals surface area contributed by atoms with Gasteiger partial charge >= 0.3 is 0 Å². The van der Waals surface area contributed by atoms with E-state index in [9.17, 15) is 5.11 Å². The molecule has 1 heterocycles. The van der Waals surface area contributed by atoms with Gasteiger partial charge in [0.1, 0.15) is 5.82 Å². The SMILES string of the molecule is Cc1ccnc(NC2CCCCCC2O)c1N. The van der Waals surface area contributed by atoms with Crippen molar-refractivity contribution in [2.24, 2.45) is 0 Å². The van der Waals surface area contributed by atoms with Gasteiger partial charge in [0.15, 0.2) is 0 Å². The molecule has 2 unspecified atom stereocenters. The van der Waals surface area contributed by atoms with E-state index in [1.165, 1.54) is 6.42 Å². The lowest BCUT2D eigenvalue weighted by molar-refractivity contribution is 0.144. The smallest absolute Gasteiger partial charge is 0.149 e. The van der Waals surface area contributed by atoms with Gasteiger partial charge in [-0.3, -0.25) is 0 Å². The van der Waals surface area contributed by atoms with Crippen LogP contribution in [0.5, 0.6) is 0 Å². The number of nitrogen functional groups attached to an aromatic ring is 1. The summed E-state index contributed by atoms with van der Waals surface area (Å²) in [6, 6.07) is 1.97. The Balaban J connectivity index is 2.10. The predicted molar refractivity (Wildman–Crippen MR) is 69.9 cm³/mol. The molecule has 1 fully saturated rings. The lowest BCUT2D eigenvalue weighted by Gasteiger charge is -2.23. The zero-order chi connectivity index (χ0) is 12.3. The summed E-state index contributed by atoms with van der Waals surface area (Å²) < 4.78 is 0. The third kappa shape index (κ3) is 2.88. The predicted octanol–water partition coefficient (Wildman–Crippen LogP) is 2.08. The van der Waals surface area contributed by atoms with Crippen molar-refractivity contribution < 1.29 is 5.11 Å². The van der Waals surface area contributed by atoms with Crippen LogP contribution in [0.3, 0.4) is 0 Å². The Labute approximate surface area is 102 Å². The summed E-state index contributed by atoms with van der Waals surface area (Å²) >= 11 is 0. The zero-order valence-corrected chi connectivity index (χ0v) is 10.3. The summed E-state index contributed by atoms with van der Waals surface area (Å²) in [6.07, 6.45) is 6.76. The topological polar surface area (TPSA) is 71.2 Å². The van der Waals surface area contributed by atoms with Gasteiger partial charge in [-0.1, -0.05) is 19.3 Å². The number of nitrogens with zero attached hydrogens (tertiary/aromatic N) is 1. The van der Waals surface area contributed by atoms with Gasteiger partial charge in [-0.05, 0) is 31.4 Å². The fourth-order valence-corrected chi connectivity index (χ4v) is 2.32. The van der Waals surface area contributed by atoms with E-state index >= 15 is 0 Å². The molecule has 0 bridgehead atoms. The van der Waals surface area contributed by atoms with E-state index in [1.54, 1.807) is 6.20 Å². The minimum absolute atomic E-state index is 0.0779. The molecule has 2 rings (SSSR count). The Hall–Kier alpha value is -1.29. The summed E-state index contributed by atoms with van der Waals surface area (Å²) in [4.78, 5) is 4.25. The highest BCUT2D eigenvalue weighted by Crippen LogP contribution is 2.24. The van der Waals surface area contributed by atoms with Crippen molar-refractivity contribution >= 4 is 11.5 Å². The number of anilines is 2. The second kappa shape index (κ2) is 5.36. The number of nitrogens with one attached hydrogen (secondary N) is 1. The van der Waals surface area contributed by atoms with Crippen LogP contribution in [0.2, 0.25) is 0 Å². The molecule has 1 aliphatic rings. The van der Waals surface area contributed by atoms with E-state index in [-0.39, 0.29) is 12.1 Å². The fraction of sp³-hybridized carbons (Fsp3) is 0.615. The van der Waals surface area contributed by atoms with Gasteiger partial charge in [-0.2, -0.15) is 0 Å². The van der Waals surface area contributed by atoms with E-state index in [1.807, 2.05) is 13.0 Å². The Morgan fingerprint density at radius 3 is 2.94 bits per heavy atom. The molecule has 0 aliphatic heterocycles. The first-order valence-corrected chi connectivity index (χ1v) is 6.34. The Morgan fingerprint density at radius 1 is 1.35 bits per heavy atom. The van der Waals surface area contributed by atoms with Crippen LogP contribution in [0.1, 0.15) is 37.7 Å². The molecular weight excluding hydrogens is 214 g/mol. The fourth-order valence-electron chi connectivity index (χ4n) is 2.32. The Morgan fingerprint density at radius 2 is 2.12 bits per heavy atom. The van der Waals surface area contributed by atoms with Gasteiger partial charge in [0, 0.05) is 6.20 Å². The number of aryl methyl sites for hydroxylation is 1. The molecule has 94 valence electrons. The molecule has 1 aliphatic carbocycles. The Bertz CT molecular complexity index is 381. The molecule has 1 saturated carbocycles. The van der Waals surface area contributed by atoms with Crippen LogP contribution in [-0.2, 0) is 0 Å². The first-order valence-electron chi connectivity index (χ1n) is 6.34. The number of rotatable bonds is 2. The van der Waals surface area contributed by atoms with Gasteiger partial charge in [-0.15, -0.1) is 0 Å². The molecule has 4 heteroatoms. The van der Waals surface area contributed by atoms with Crippen molar-refractivity contribution in [1.29, 1.82) is 0 Å².